The quantitative estimate of drug-likeness (QED) is 0.329. The van der Waals surface area contributed by atoms with Crippen LogP contribution in [0.15, 0.2) is 35.4 Å². The highest BCUT2D eigenvalue weighted by atomic mass is 16.5. The Hall–Kier alpha value is -2.00. The number of ether oxygens (including phenoxy) is 1. The number of methoxy groups -OCH3 is 1. The number of carbonyl (C=O) groups is 1. The Labute approximate surface area is 87.3 Å². The molecule has 0 saturated carbocycles. The second kappa shape index (κ2) is 4.48. The molecular weight excluding hydrogens is 194 g/mol. The highest BCUT2D eigenvalue weighted by Gasteiger charge is 2.35. The second-order valence-electron chi connectivity index (χ2n) is 3.12. The number of esters is 1. The van der Waals surface area contributed by atoms with Crippen molar-refractivity contribution in [3.05, 3.63) is 46.3 Å². The monoisotopic (exact) mass is 205 g/mol. The van der Waals surface area contributed by atoms with Gasteiger partial charge in [-0.25, -0.2) is 0 Å². The van der Waals surface area contributed by atoms with Crippen molar-refractivity contribution >= 4 is 5.97 Å². The molecule has 0 unspecified atom stereocenters. The summed E-state index contributed by atoms with van der Waals surface area (Å²) in [6.45, 7) is 1.52. The van der Waals surface area contributed by atoms with Gasteiger partial charge in [0.15, 0.2) is 5.54 Å². The van der Waals surface area contributed by atoms with Crippen LogP contribution in [-0.2, 0) is 15.1 Å². The third-order valence-corrected chi connectivity index (χ3v) is 2.16. The number of hydrogen-bond donors (Lipinski definition) is 0. The predicted molar refractivity (Wildman–Crippen MR) is 55.0 cm³/mol. The van der Waals surface area contributed by atoms with Crippen molar-refractivity contribution in [3.63, 3.8) is 0 Å². The van der Waals surface area contributed by atoms with E-state index in [9.17, 15) is 4.79 Å². The van der Waals surface area contributed by atoms with Crippen molar-refractivity contribution in [2.75, 3.05) is 7.11 Å². The maximum Gasteiger partial charge on any atom is 0.322 e. The van der Waals surface area contributed by atoms with E-state index in [-0.39, 0.29) is 0 Å². The van der Waals surface area contributed by atoms with E-state index in [2.05, 4.69) is 14.8 Å². The summed E-state index contributed by atoms with van der Waals surface area (Å²) < 4.78 is 4.62. The highest BCUT2D eigenvalue weighted by Crippen LogP contribution is 2.26. The zero-order valence-corrected chi connectivity index (χ0v) is 8.54. The summed E-state index contributed by atoms with van der Waals surface area (Å²) in [5, 5.41) is 3.50. The molecule has 0 aromatic heterocycles. The van der Waals surface area contributed by atoms with Gasteiger partial charge in [-0.1, -0.05) is 35.4 Å². The average Bonchev–Trinajstić information content (AvgIpc) is 2.29. The molecule has 15 heavy (non-hydrogen) atoms. The van der Waals surface area contributed by atoms with Crippen molar-refractivity contribution in [1.82, 2.24) is 0 Å². The molecule has 78 valence electrons. The Kier molecular flexibility index (Phi) is 3.31. The van der Waals surface area contributed by atoms with Gasteiger partial charge in [0, 0.05) is 4.91 Å². The molecule has 0 radical (unpaired) electrons. The standard InChI is InChI=1S/C10H11N3O2/c1-10(12-13-11,9(14)15-2)8-6-4-3-5-7-8/h3-7H,1-2H3/t10-/m0/s1. The summed E-state index contributed by atoms with van der Waals surface area (Å²) in [5.41, 5.74) is 7.76. The molecule has 0 spiro atoms. The molecule has 1 aromatic carbocycles. The van der Waals surface area contributed by atoms with Crippen LogP contribution in [0.5, 0.6) is 0 Å². The molecule has 0 fully saturated rings. The van der Waals surface area contributed by atoms with Crippen molar-refractivity contribution < 1.29 is 9.53 Å². The summed E-state index contributed by atoms with van der Waals surface area (Å²) in [6, 6.07) is 8.78. The maximum atomic E-state index is 11.5. The summed E-state index contributed by atoms with van der Waals surface area (Å²) in [7, 11) is 1.26. The maximum absolute atomic E-state index is 11.5. The molecule has 0 bridgehead atoms. The largest absolute Gasteiger partial charge is 0.468 e. The van der Waals surface area contributed by atoms with Crippen LogP contribution in [0, 0.1) is 0 Å². The summed E-state index contributed by atoms with van der Waals surface area (Å²) in [6.07, 6.45) is 0. The third kappa shape index (κ3) is 2.08. The van der Waals surface area contributed by atoms with Gasteiger partial charge < -0.3 is 4.74 Å². The van der Waals surface area contributed by atoms with Crippen molar-refractivity contribution in [3.8, 4) is 0 Å². The molecule has 0 N–H and O–H groups in total. The summed E-state index contributed by atoms with van der Waals surface area (Å²) in [4.78, 5) is 14.2. The van der Waals surface area contributed by atoms with Gasteiger partial charge in [0.2, 0.25) is 0 Å². The van der Waals surface area contributed by atoms with Gasteiger partial charge in [-0.15, -0.1) is 0 Å². The fourth-order valence-corrected chi connectivity index (χ4v) is 1.27. The van der Waals surface area contributed by atoms with E-state index in [1.807, 2.05) is 6.07 Å². The number of hydrogen-bond acceptors (Lipinski definition) is 3. The van der Waals surface area contributed by atoms with Crippen LogP contribution in [0.3, 0.4) is 0 Å². The van der Waals surface area contributed by atoms with E-state index < -0.39 is 11.5 Å². The minimum absolute atomic E-state index is 0.577. The Morgan fingerprint density at radius 2 is 2.07 bits per heavy atom. The lowest BCUT2D eigenvalue weighted by Gasteiger charge is -2.20. The Bertz CT molecular complexity index is 398. The molecular formula is C10H11N3O2. The van der Waals surface area contributed by atoms with Gasteiger partial charge >= 0.3 is 5.97 Å². The number of carbonyl (C=O) groups excluding carboxylic acids is 1. The third-order valence-electron chi connectivity index (χ3n) is 2.16. The van der Waals surface area contributed by atoms with Gasteiger partial charge in [-0.2, -0.15) is 0 Å². The van der Waals surface area contributed by atoms with Crippen molar-refractivity contribution in [2.45, 2.75) is 12.5 Å². The number of azide groups is 1. The van der Waals surface area contributed by atoms with E-state index >= 15 is 0 Å². The molecule has 5 heteroatoms. The summed E-state index contributed by atoms with van der Waals surface area (Å²) >= 11 is 0. The smallest absolute Gasteiger partial charge is 0.322 e. The zero-order chi connectivity index (χ0) is 11.3. The Balaban J connectivity index is 3.24. The highest BCUT2D eigenvalue weighted by molar-refractivity contribution is 5.82. The van der Waals surface area contributed by atoms with Gasteiger partial charge in [0.1, 0.15) is 0 Å². The molecule has 0 amide bonds. The lowest BCUT2D eigenvalue weighted by Crippen LogP contribution is -2.31. The number of benzene rings is 1. The van der Waals surface area contributed by atoms with Gasteiger partial charge in [-0.3, -0.25) is 4.79 Å². The van der Waals surface area contributed by atoms with E-state index in [0.717, 1.165) is 0 Å². The molecule has 0 heterocycles. The van der Waals surface area contributed by atoms with E-state index in [1.165, 1.54) is 14.0 Å². The van der Waals surface area contributed by atoms with Crippen LogP contribution < -0.4 is 0 Å². The topological polar surface area (TPSA) is 75.1 Å². The Morgan fingerprint density at radius 3 is 2.53 bits per heavy atom. The second-order valence-corrected chi connectivity index (χ2v) is 3.12. The number of rotatable bonds is 3. The van der Waals surface area contributed by atoms with Crippen molar-refractivity contribution in [2.24, 2.45) is 5.11 Å². The Morgan fingerprint density at radius 1 is 1.47 bits per heavy atom. The fourth-order valence-electron chi connectivity index (χ4n) is 1.27. The average molecular weight is 205 g/mol. The van der Waals surface area contributed by atoms with Crippen LogP contribution in [0.4, 0.5) is 0 Å². The lowest BCUT2D eigenvalue weighted by molar-refractivity contribution is -0.146. The fraction of sp³-hybridized carbons (Fsp3) is 0.300. The van der Waals surface area contributed by atoms with Crippen LogP contribution in [0.2, 0.25) is 0 Å². The van der Waals surface area contributed by atoms with Gasteiger partial charge in [0.05, 0.1) is 7.11 Å². The summed E-state index contributed by atoms with van der Waals surface area (Å²) in [5.74, 6) is -0.577. The molecule has 1 rings (SSSR count). The molecule has 0 saturated heterocycles. The van der Waals surface area contributed by atoms with Crippen molar-refractivity contribution in [1.29, 1.82) is 0 Å². The zero-order valence-electron chi connectivity index (χ0n) is 8.54. The van der Waals surface area contributed by atoms with Crippen LogP contribution in [-0.4, -0.2) is 13.1 Å². The first-order valence-electron chi connectivity index (χ1n) is 4.35. The first kappa shape index (κ1) is 11.1. The first-order chi connectivity index (χ1) is 7.15. The van der Waals surface area contributed by atoms with E-state index in [1.54, 1.807) is 24.3 Å². The van der Waals surface area contributed by atoms with Gasteiger partial charge in [-0.05, 0) is 18.0 Å². The predicted octanol–water partition coefficient (Wildman–Crippen LogP) is 2.39. The number of nitrogens with zero attached hydrogens (tertiary/aromatic N) is 3. The molecule has 0 aliphatic rings. The minimum atomic E-state index is -1.30. The molecule has 0 aliphatic heterocycles. The molecule has 1 atom stereocenters. The molecule has 1 aromatic rings. The van der Waals surface area contributed by atoms with E-state index in [4.69, 9.17) is 5.53 Å². The molecule has 0 aliphatic carbocycles. The lowest BCUT2D eigenvalue weighted by atomic mass is 9.93. The molecule has 5 nitrogen and oxygen atoms in total. The van der Waals surface area contributed by atoms with Gasteiger partial charge in [0.25, 0.3) is 0 Å². The van der Waals surface area contributed by atoms with Crippen LogP contribution >= 0.6 is 0 Å². The minimum Gasteiger partial charge on any atom is -0.468 e. The SMILES string of the molecule is COC(=O)[C@@](C)(N=[N+]=[N-])c1ccccc1. The van der Waals surface area contributed by atoms with Crippen LogP contribution in [0.25, 0.3) is 10.4 Å². The normalized spacial score (nSPS) is 13.5. The van der Waals surface area contributed by atoms with E-state index in [0.29, 0.717) is 5.56 Å². The van der Waals surface area contributed by atoms with Crippen LogP contribution in [0.1, 0.15) is 12.5 Å². The first-order valence-corrected chi connectivity index (χ1v) is 4.35.